The van der Waals surface area contributed by atoms with Crippen LogP contribution in [0.2, 0.25) is 0 Å². The fourth-order valence-corrected chi connectivity index (χ4v) is 5.74. The van der Waals surface area contributed by atoms with Gasteiger partial charge in [0.1, 0.15) is 0 Å². The van der Waals surface area contributed by atoms with Crippen molar-refractivity contribution < 1.29 is 68.1 Å². The van der Waals surface area contributed by atoms with Gasteiger partial charge in [0, 0.05) is 18.2 Å². The zero-order valence-corrected chi connectivity index (χ0v) is 24.7. The molecule has 0 fully saturated rings. The van der Waals surface area contributed by atoms with Gasteiger partial charge in [0.05, 0.1) is 27.6 Å². The SMILES string of the molecule is CC(OC(=O)c1cccc([S+](c2cccc(C(=O)OC(C)C(F)(F)F)c2)c2cccc(C(=O)OC(C)C(F)(F)F)c2)c1)C(F)(F)F. The maximum absolute atomic E-state index is 13.0. The number of hydrogen-bond donors (Lipinski definition) is 0. The van der Waals surface area contributed by atoms with Crippen LogP contribution in [0.4, 0.5) is 39.5 Å². The number of carbonyl (C=O) groups excluding carboxylic acids is 3. The molecule has 0 heterocycles. The van der Waals surface area contributed by atoms with Gasteiger partial charge in [0.2, 0.25) is 0 Å². The minimum absolute atomic E-state index is 0.192. The quantitative estimate of drug-likeness (QED) is 0.0982. The summed E-state index contributed by atoms with van der Waals surface area (Å²) in [6.07, 6.45) is -21.9. The van der Waals surface area contributed by atoms with Gasteiger partial charge in [-0.25, -0.2) is 14.4 Å². The molecule has 0 aliphatic rings. The third-order valence-electron chi connectivity index (χ3n) is 6.15. The fourth-order valence-electron chi connectivity index (χ4n) is 3.54. The average Bonchev–Trinajstić information content (AvgIpc) is 2.96. The van der Waals surface area contributed by atoms with E-state index in [0.717, 1.165) is 18.2 Å². The van der Waals surface area contributed by atoms with Crippen LogP contribution in [0.15, 0.2) is 87.5 Å². The Bertz CT molecular complexity index is 1380. The molecule has 0 spiro atoms. The number of hydrogen-bond acceptors (Lipinski definition) is 6. The molecule has 0 saturated heterocycles. The van der Waals surface area contributed by atoms with Crippen LogP contribution in [-0.2, 0) is 25.1 Å². The number of rotatable bonds is 9. The van der Waals surface area contributed by atoms with Crippen LogP contribution in [0.5, 0.6) is 0 Å². The van der Waals surface area contributed by atoms with Gasteiger partial charge in [-0.3, -0.25) is 0 Å². The van der Waals surface area contributed by atoms with E-state index in [1.54, 1.807) is 0 Å². The maximum Gasteiger partial charge on any atom is 0.425 e. The summed E-state index contributed by atoms with van der Waals surface area (Å²) in [5.41, 5.74) is -0.972. The lowest BCUT2D eigenvalue weighted by Crippen LogP contribution is -2.31. The first-order chi connectivity index (χ1) is 21.2. The van der Waals surface area contributed by atoms with Gasteiger partial charge >= 0.3 is 36.4 Å². The van der Waals surface area contributed by atoms with Crippen LogP contribution in [0.3, 0.4) is 0 Å². The van der Waals surface area contributed by atoms with Gasteiger partial charge in [-0.15, -0.1) is 0 Å². The van der Waals surface area contributed by atoms with Gasteiger partial charge < -0.3 is 14.2 Å². The zero-order valence-electron chi connectivity index (χ0n) is 23.9. The average molecular weight is 684 g/mol. The largest absolute Gasteiger partial charge is 0.449 e. The summed E-state index contributed by atoms with van der Waals surface area (Å²) in [6, 6.07) is 15.2. The molecule has 0 amide bonds. The lowest BCUT2D eigenvalue weighted by molar-refractivity contribution is -0.198. The zero-order chi connectivity index (χ0) is 34.6. The number of ether oxygens (including phenoxy) is 3. The summed E-state index contributed by atoms with van der Waals surface area (Å²) >= 11 is 0. The van der Waals surface area contributed by atoms with Gasteiger partial charge in [0.15, 0.2) is 33.0 Å². The first-order valence-electron chi connectivity index (χ1n) is 13.1. The van der Waals surface area contributed by atoms with E-state index in [2.05, 4.69) is 14.2 Å². The summed E-state index contributed by atoms with van der Waals surface area (Å²) in [6.45, 7) is 1.88. The van der Waals surface area contributed by atoms with E-state index in [9.17, 15) is 53.9 Å². The van der Waals surface area contributed by atoms with Crippen molar-refractivity contribution in [2.75, 3.05) is 0 Å². The van der Waals surface area contributed by atoms with Gasteiger partial charge in [0.25, 0.3) is 0 Å². The van der Waals surface area contributed by atoms with Crippen molar-refractivity contribution in [3.63, 3.8) is 0 Å². The standard InChI is InChI=1S/C30H24F9O6S/c1-16(28(31,32)33)43-25(40)19-7-4-10-22(13-19)46(23-11-5-8-20(14-23)26(41)44-17(2)29(34,35)36)24-12-6-9-21(15-24)27(42)45-18(3)30(37,38)39/h4-18H,1-3H3/q+1. The first-order valence-corrected chi connectivity index (χ1v) is 14.3. The lowest BCUT2D eigenvalue weighted by Gasteiger charge is -2.17. The van der Waals surface area contributed by atoms with Crippen LogP contribution < -0.4 is 0 Å². The Morgan fingerprint density at radius 3 is 0.957 bits per heavy atom. The molecule has 0 radical (unpaired) electrons. The highest BCUT2D eigenvalue weighted by molar-refractivity contribution is 7.97. The molecule has 0 aliphatic heterocycles. The summed E-state index contributed by atoms with van der Waals surface area (Å²) in [4.78, 5) is 38.3. The van der Waals surface area contributed by atoms with E-state index in [1.165, 1.54) is 54.6 Å². The topological polar surface area (TPSA) is 78.9 Å². The highest BCUT2D eigenvalue weighted by Gasteiger charge is 2.42. The van der Waals surface area contributed by atoms with Crippen molar-refractivity contribution >= 4 is 28.8 Å². The second-order valence-electron chi connectivity index (χ2n) is 9.66. The molecule has 3 aromatic carbocycles. The molecule has 0 aromatic heterocycles. The van der Waals surface area contributed by atoms with E-state index >= 15 is 0 Å². The molecule has 0 bridgehead atoms. The number of carbonyl (C=O) groups is 3. The number of benzene rings is 3. The summed E-state index contributed by atoms with van der Waals surface area (Å²) in [5, 5.41) is 0. The minimum atomic E-state index is -4.85. The third-order valence-corrected chi connectivity index (χ3v) is 8.33. The van der Waals surface area contributed by atoms with Gasteiger partial charge in [-0.1, -0.05) is 18.2 Å². The highest BCUT2D eigenvalue weighted by atomic mass is 32.2. The van der Waals surface area contributed by atoms with Crippen molar-refractivity contribution in [3.8, 4) is 0 Å². The van der Waals surface area contributed by atoms with Gasteiger partial charge in [-0.05, 0) is 57.2 Å². The van der Waals surface area contributed by atoms with E-state index in [1.807, 2.05) is 0 Å². The Morgan fingerprint density at radius 2 is 0.739 bits per heavy atom. The predicted molar refractivity (Wildman–Crippen MR) is 144 cm³/mol. The van der Waals surface area contributed by atoms with Crippen molar-refractivity contribution in [2.24, 2.45) is 0 Å². The molecule has 0 N–H and O–H groups in total. The Labute approximate surface area is 258 Å². The van der Waals surface area contributed by atoms with E-state index in [-0.39, 0.29) is 31.4 Å². The third kappa shape index (κ3) is 9.40. The molecule has 3 unspecified atom stereocenters. The molecule has 3 atom stereocenters. The Morgan fingerprint density at radius 1 is 0.500 bits per heavy atom. The minimum Gasteiger partial charge on any atom is -0.449 e. The summed E-state index contributed by atoms with van der Waals surface area (Å²) in [7, 11) is -1.47. The maximum atomic E-state index is 13.0. The highest BCUT2D eigenvalue weighted by Crippen LogP contribution is 2.34. The number of halogens is 9. The number of alkyl halides is 9. The Kier molecular flexibility index (Phi) is 11.1. The molecule has 0 saturated carbocycles. The van der Waals surface area contributed by atoms with Gasteiger partial charge in [-0.2, -0.15) is 39.5 Å². The van der Waals surface area contributed by atoms with Crippen LogP contribution >= 0.6 is 0 Å². The van der Waals surface area contributed by atoms with Crippen LogP contribution in [-0.4, -0.2) is 54.7 Å². The normalized spacial score (nSPS) is 14.9. The van der Waals surface area contributed by atoms with E-state index in [0.29, 0.717) is 20.8 Å². The second kappa shape index (κ2) is 14.1. The monoisotopic (exact) mass is 683 g/mol. The van der Waals surface area contributed by atoms with Crippen molar-refractivity contribution in [2.45, 2.75) is 72.3 Å². The smallest absolute Gasteiger partial charge is 0.425 e. The molecule has 6 nitrogen and oxygen atoms in total. The van der Waals surface area contributed by atoms with E-state index < -0.39 is 65.6 Å². The molecule has 46 heavy (non-hydrogen) atoms. The predicted octanol–water partition coefficient (Wildman–Crippen LogP) is 8.10. The first kappa shape index (κ1) is 36.3. The number of esters is 3. The molecular weight excluding hydrogens is 659 g/mol. The van der Waals surface area contributed by atoms with Crippen LogP contribution in [0.1, 0.15) is 51.8 Å². The summed E-state index contributed by atoms with van der Waals surface area (Å²) in [5.74, 6) is -4.02. The van der Waals surface area contributed by atoms with Crippen molar-refractivity contribution in [1.82, 2.24) is 0 Å². The molecular formula is C30H24F9O6S+. The molecule has 0 aliphatic carbocycles. The Balaban J connectivity index is 2.11. The van der Waals surface area contributed by atoms with Crippen LogP contribution in [0, 0.1) is 0 Å². The van der Waals surface area contributed by atoms with Crippen molar-refractivity contribution in [3.05, 3.63) is 89.5 Å². The molecule has 3 aromatic rings. The molecule has 3 rings (SSSR count). The van der Waals surface area contributed by atoms with Crippen LogP contribution in [0.25, 0.3) is 0 Å². The van der Waals surface area contributed by atoms with E-state index in [4.69, 9.17) is 0 Å². The summed E-state index contributed by atoms with van der Waals surface area (Å²) < 4.78 is 130. The fraction of sp³-hybridized carbons (Fsp3) is 0.300. The molecule has 16 heteroatoms. The second-order valence-corrected chi connectivity index (χ2v) is 11.7. The van der Waals surface area contributed by atoms with Crippen molar-refractivity contribution in [1.29, 1.82) is 0 Å². The Hall–Kier alpha value is -4.21. The lowest BCUT2D eigenvalue weighted by atomic mass is 10.2. The molecule has 248 valence electrons.